The molecule has 2 aromatic heterocycles. The molecule has 0 bridgehead atoms. The van der Waals surface area contributed by atoms with Gasteiger partial charge in [-0.25, -0.2) is 24.4 Å². The summed E-state index contributed by atoms with van der Waals surface area (Å²) < 4.78 is 17.0. The lowest BCUT2D eigenvalue weighted by molar-refractivity contribution is -0.114. The topological polar surface area (TPSA) is 160 Å². The predicted molar refractivity (Wildman–Crippen MR) is 183 cm³/mol. The van der Waals surface area contributed by atoms with Crippen LogP contribution in [-0.4, -0.2) is 55.4 Å². The van der Waals surface area contributed by atoms with Crippen molar-refractivity contribution >= 4 is 46.7 Å². The minimum Gasteiger partial charge on any atom is -0.489 e. The number of nitrogens with zero attached hydrogens (tertiary/aromatic N) is 4. The maximum absolute atomic E-state index is 13.4. The summed E-state index contributed by atoms with van der Waals surface area (Å²) in [5, 5.41) is 13.4. The molecule has 258 valence electrons. The fraction of sp³-hybridized carbons (Fsp3) is 0.333. The zero-order chi connectivity index (χ0) is 35.9. The number of hydrogen-bond acceptors (Lipinski definition) is 9. The molecule has 0 aliphatic heterocycles. The number of ether oxygens (including phenoxy) is 3. The van der Waals surface area contributed by atoms with E-state index in [9.17, 15) is 24.3 Å². The number of carbonyl (C=O) groups excluding carboxylic acids is 3. The van der Waals surface area contributed by atoms with Gasteiger partial charge in [-0.05, 0) is 95.1 Å². The van der Waals surface area contributed by atoms with E-state index in [4.69, 9.17) is 14.2 Å². The van der Waals surface area contributed by atoms with Crippen molar-refractivity contribution in [2.75, 3.05) is 10.2 Å². The van der Waals surface area contributed by atoms with E-state index in [1.807, 2.05) is 42.5 Å². The first-order valence-corrected chi connectivity index (χ1v) is 15.5. The lowest BCUT2D eigenvalue weighted by Gasteiger charge is -2.28. The van der Waals surface area contributed by atoms with E-state index in [1.165, 1.54) is 17.9 Å². The minimum absolute atomic E-state index is 0.0554. The van der Waals surface area contributed by atoms with Gasteiger partial charge < -0.3 is 24.6 Å². The third-order valence-electron chi connectivity index (χ3n) is 6.53. The summed E-state index contributed by atoms with van der Waals surface area (Å²) in [7, 11) is 0. The van der Waals surface area contributed by atoms with Gasteiger partial charge >= 0.3 is 18.3 Å². The Hall–Kier alpha value is -5.72. The van der Waals surface area contributed by atoms with Crippen LogP contribution in [0.3, 0.4) is 0 Å². The number of fused-ring (bicyclic) bond motifs is 1. The second-order valence-electron chi connectivity index (χ2n) is 13.3. The number of hydrogen-bond donors (Lipinski definition) is 2. The molecule has 0 spiro atoms. The van der Waals surface area contributed by atoms with Crippen LogP contribution in [0.2, 0.25) is 0 Å². The molecule has 2 heterocycles. The molecular formula is C36H41N5O8. The molecular weight excluding hydrogens is 630 g/mol. The van der Waals surface area contributed by atoms with Gasteiger partial charge in [-0.2, -0.15) is 4.90 Å². The number of carbonyl (C=O) groups is 4. The Bertz CT molecular complexity index is 1850. The molecule has 0 aliphatic carbocycles. The number of aromatic nitrogens is 2. The minimum atomic E-state index is -1.56. The van der Waals surface area contributed by atoms with Gasteiger partial charge in [0, 0.05) is 18.9 Å². The van der Waals surface area contributed by atoms with Crippen molar-refractivity contribution in [3.8, 4) is 5.75 Å². The summed E-state index contributed by atoms with van der Waals surface area (Å²) in [5.41, 5.74) is 0.916. The van der Waals surface area contributed by atoms with Gasteiger partial charge in [0.2, 0.25) is 5.91 Å². The van der Waals surface area contributed by atoms with E-state index in [0.29, 0.717) is 27.7 Å². The highest BCUT2D eigenvalue weighted by Gasteiger charge is 2.30. The monoisotopic (exact) mass is 671 g/mol. The van der Waals surface area contributed by atoms with Crippen LogP contribution in [0.15, 0.2) is 72.8 Å². The van der Waals surface area contributed by atoms with E-state index < -0.39 is 29.5 Å². The molecule has 2 N–H and O–H groups in total. The number of rotatable bonds is 9. The maximum Gasteiger partial charge on any atom is 0.425 e. The first-order chi connectivity index (χ1) is 23.0. The van der Waals surface area contributed by atoms with Crippen molar-refractivity contribution in [2.45, 2.75) is 79.4 Å². The Kier molecular flexibility index (Phi) is 11.1. The standard InChI is InChI=1S/C36H41N5O8/c1-23(42)37-30-17-16-26-15-14-25(19-29(26)39-30)22-47-28-12-8-10-24(18-28)20-40(33(45)48-35(2,3)4)21-27-11-9-13-31(38-27)41(32(43)44)34(46)49-36(5,6)7/h8-19H,20-22H2,1-7H3,(H,43,44)(H,37,39,42). The Morgan fingerprint density at radius 3 is 2.12 bits per heavy atom. The number of imide groups is 1. The zero-order valence-electron chi connectivity index (χ0n) is 28.6. The van der Waals surface area contributed by atoms with Crippen LogP contribution in [0, 0.1) is 0 Å². The summed E-state index contributed by atoms with van der Waals surface area (Å²) in [4.78, 5) is 60.3. The second-order valence-corrected chi connectivity index (χ2v) is 13.3. The number of nitrogens with one attached hydrogen (secondary N) is 1. The van der Waals surface area contributed by atoms with Crippen molar-refractivity contribution in [2.24, 2.45) is 0 Å². The lowest BCUT2D eigenvalue weighted by atomic mass is 10.1. The first kappa shape index (κ1) is 36.1. The Morgan fingerprint density at radius 2 is 1.45 bits per heavy atom. The molecule has 0 radical (unpaired) electrons. The molecule has 0 fully saturated rings. The highest BCUT2D eigenvalue weighted by molar-refractivity contribution is 6.07. The molecule has 0 saturated carbocycles. The summed E-state index contributed by atoms with van der Waals surface area (Å²) in [6.45, 7) is 11.9. The van der Waals surface area contributed by atoms with Crippen LogP contribution >= 0.6 is 0 Å². The van der Waals surface area contributed by atoms with Crippen molar-refractivity contribution < 1.29 is 38.5 Å². The normalized spacial score (nSPS) is 11.4. The van der Waals surface area contributed by atoms with E-state index in [1.54, 1.807) is 65.8 Å². The number of pyridine rings is 2. The molecule has 2 aromatic carbocycles. The molecule has 0 atom stereocenters. The first-order valence-electron chi connectivity index (χ1n) is 15.5. The molecule has 4 aromatic rings. The smallest absolute Gasteiger partial charge is 0.425 e. The third-order valence-corrected chi connectivity index (χ3v) is 6.53. The third kappa shape index (κ3) is 10.9. The van der Waals surface area contributed by atoms with E-state index in [-0.39, 0.29) is 31.4 Å². The number of amides is 4. The maximum atomic E-state index is 13.4. The number of benzene rings is 2. The molecule has 13 nitrogen and oxygen atoms in total. The van der Waals surface area contributed by atoms with Gasteiger partial charge in [0.05, 0.1) is 17.8 Å². The summed E-state index contributed by atoms with van der Waals surface area (Å²) in [5.74, 6) is 0.652. The Morgan fingerprint density at radius 1 is 0.776 bits per heavy atom. The van der Waals surface area contributed by atoms with E-state index in [2.05, 4.69) is 15.3 Å². The van der Waals surface area contributed by atoms with Crippen LogP contribution in [-0.2, 0) is 34.0 Å². The second kappa shape index (κ2) is 15.0. The average Bonchev–Trinajstić information content (AvgIpc) is 2.98. The summed E-state index contributed by atoms with van der Waals surface area (Å²) >= 11 is 0. The van der Waals surface area contributed by atoms with Gasteiger partial charge in [-0.15, -0.1) is 0 Å². The van der Waals surface area contributed by atoms with Crippen molar-refractivity contribution in [1.82, 2.24) is 14.9 Å². The number of anilines is 2. The van der Waals surface area contributed by atoms with E-state index >= 15 is 0 Å². The van der Waals surface area contributed by atoms with Crippen molar-refractivity contribution in [3.63, 3.8) is 0 Å². The summed E-state index contributed by atoms with van der Waals surface area (Å²) in [6.07, 6.45) is -3.27. The molecule has 0 unspecified atom stereocenters. The van der Waals surface area contributed by atoms with Gasteiger partial charge in [-0.3, -0.25) is 9.69 Å². The molecule has 4 amide bonds. The van der Waals surface area contributed by atoms with Gasteiger partial charge in [0.25, 0.3) is 0 Å². The fourth-order valence-electron chi connectivity index (χ4n) is 4.59. The van der Waals surface area contributed by atoms with Gasteiger partial charge in [-0.1, -0.05) is 30.3 Å². The quantitative estimate of drug-likeness (QED) is 0.182. The van der Waals surface area contributed by atoms with Crippen LogP contribution in [0.1, 0.15) is 65.3 Å². The van der Waals surface area contributed by atoms with Crippen LogP contribution in [0.4, 0.5) is 26.0 Å². The predicted octanol–water partition coefficient (Wildman–Crippen LogP) is 7.52. The molecule has 0 saturated heterocycles. The van der Waals surface area contributed by atoms with Crippen LogP contribution < -0.4 is 15.0 Å². The molecule has 49 heavy (non-hydrogen) atoms. The van der Waals surface area contributed by atoms with Gasteiger partial charge in [0.1, 0.15) is 35.2 Å². The molecule has 13 heteroatoms. The highest BCUT2D eigenvalue weighted by Crippen LogP contribution is 2.23. The van der Waals surface area contributed by atoms with Gasteiger partial charge in [0.15, 0.2) is 0 Å². The fourth-order valence-corrected chi connectivity index (χ4v) is 4.59. The lowest BCUT2D eigenvalue weighted by Crippen LogP contribution is -2.41. The van der Waals surface area contributed by atoms with Crippen molar-refractivity contribution in [1.29, 1.82) is 0 Å². The zero-order valence-corrected chi connectivity index (χ0v) is 28.6. The summed E-state index contributed by atoms with van der Waals surface area (Å²) in [6, 6.07) is 21.2. The highest BCUT2D eigenvalue weighted by atomic mass is 16.6. The van der Waals surface area contributed by atoms with Crippen molar-refractivity contribution in [3.05, 3.63) is 89.6 Å². The SMILES string of the molecule is CC(=O)Nc1ccc2ccc(COc3cccc(CN(Cc4cccc(N(C(=O)O)C(=O)OC(C)(C)C)n4)C(=O)OC(C)(C)C)c3)cc2n1. The average molecular weight is 672 g/mol. The largest absolute Gasteiger partial charge is 0.489 e. The number of carboxylic acid groups (broad SMARTS) is 1. The Labute approximate surface area is 284 Å². The van der Waals surface area contributed by atoms with Crippen LogP contribution in [0.5, 0.6) is 5.75 Å². The Balaban J connectivity index is 1.53. The van der Waals surface area contributed by atoms with E-state index in [0.717, 1.165) is 16.5 Å². The molecule has 4 rings (SSSR count). The van der Waals surface area contributed by atoms with Crippen LogP contribution in [0.25, 0.3) is 10.9 Å². The molecule has 0 aliphatic rings.